The number of ether oxygens (including phenoxy) is 1. The van der Waals surface area contributed by atoms with Crippen molar-refractivity contribution in [1.29, 1.82) is 0 Å². The first kappa shape index (κ1) is 18.9. The molecule has 134 valence electrons. The maximum absolute atomic E-state index is 12.3. The number of rotatable bonds is 4. The van der Waals surface area contributed by atoms with Crippen molar-refractivity contribution in [1.82, 2.24) is 20.0 Å². The van der Waals surface area contributed by atoms with Gasteiger partial charge in [-0.25, -0.2) is 0 Å². The van der Waals surface area contributed by atoms with Gasteiger partial charge in [-0.3, -0.25) is 9.69 Å². The average molecular weight is 347 g/mol. The van der Waals surface area contributed by atoms with Crippen LogP contribution < -0.4 is 5.32 Å². The zero-order valence-corrected chi connectivity index (χ0v) is 15.1. The molecule has 1 unspecified atom stereocenters. The molecule has 1 N–H and O–H groups in total. The second-order valence-electron chi connectivity index (χ2n) is 7.28. The number of halogens is 1. The molecule has 3 rings (SSSR count). The second kappa shape index (κ2) is 8.62. The summed E-state index contributed by atoms with van der Waals surface area (Å²) in [5.41, 5.74) is 0.436. The molecule has 0 aliphatic carbocycles. The first-order valence-electron chi connectivity index (χ1n) is 8.66. The van der Waals surface area contributed by atoms with Gasteiger partial charge in [0.15, 0.2) is 0 Å². The summed E-state index contributed by atoms with van der Waals surface area (Å²) in [4.78, 5) is 19.1. The van der Waals surface area contributed by atoms with Crippen LogP contribution in [0.25, 0.3) is 0 Å². The molecule has 7 heteroatoms. The normalized spacial score (nSPS) is 30.2. The standard InChI is InChI=1S/C16H30N4O2.ClH/c1-16(2-3-17-13-16)14-19-6-4-18(5-7-19)12-15(21)20-8-10-22-11-9-20;/h17H,2-14H2,1H3;1H. The van der Waals surface area contributed by atoms with E-state index in [0.717, 1.165) is 52.4 Å². The van der Waals surface area contributed by atoms with E-state index in [2.05, 4.69) is 22.0 Å². The van der Waals surface area contributed by atoms with E-state index in [1.807, 2.05) is 4.90 Å². The quantitative estimate of drug-likeness (QED) is 0.769. The van der Waals surface area contributed by atoms with Crippen LogP contribution in [0.15, 0.2) is 0 Å². The van der Waals surface area contributed by atoms with Gasteiger partial charge in [-0.15, -0.1) is 12.4 Å². The van der Waals surface area contributed by atoms with Crippen molar-refractivity contribution in [3.63, 3.8) is 0 Å². The maximum atomic E-state index is 12.3. The van der Waals surface area contributed by atoms with Crippen molar-refractivity contribution in [2.75, 3.05) is 78.7 Å². The number of nitrogens with zero attached hydrogens (tertiary/aromatic N) is 3. The molecule has 1 amide bonds. The van der Waals surface area contributed by atoms with E-state index in [9.17, 15) is 4.79 Å². The number of morpholine rings is 1. The van der Waals surface area contributed by atoms with Crippen molar-refractivity contribution in [2.45, 2.75) is 13.3 Å². The molecule has 1 atom stereocenters. The number of hydrogen-bond donors (Lipinski definition) is 1. The molecule has 6 nitrogen and oxygen atoms in total. The van der Waals surface area contributed by atoms with Crippen LogP contribution in [0.2, 0.25) is 0 Å². The second-order valence-corrected chi connectivity index (χ2v) is 7.28. The highest BCUT2D eigenvalue weighted by atomic mass is 35.5. The predicted molar refractivity (Wildman–Crippen MR) is 93.1 cm³/mol. The molecule has 0 spiro atoms. The number of amides is 1. The highest BCUT2D eigenvalue weighted by molar-refractivity contribution is 5.85. The zero-order valence-electron chi connectivity index (χ0n) is 14.3. The molecule has 0 radical (unpaired) electrons. The Hall–Kier alpha value is -0.400. The molecular weight excluding hydrogens is 316 g/mol. The molecule has 23 heavy (non-hydrogen) atoms. The summed E-state index contributed by atoms with van der Waals surface area (Å²) >= 11 is 0. The van der Waals surface area contributed by atoms with Crippen LogP contribution in [0.4, 0.5) is 0 Å². The molecule has 3 aliphatic rings. The first-order valence-corrected chi connectivity index (χ1v) is 8.66. The predicted octanol–water partition coefficient (Wildman–Crippen LogP) is -0.116. The molecule has 0 saturated carbocycles. The van der Waals surface area contributed by atoms with Crippen LogP contribution >= 0.6 is 12.4 Å². The summed E-state index contributed by atoms with van der Waals surface area (Å²) in [7, 11) is 0. The molecule has 3 saturated heterocycles. The summed E-state index contributed by atoms with van der Waals surface area (Å²) < 4.78 is 5.31. The first-order chi connectivity index (χ1) is 10.6. The van der Waals surface area contributed by atoms with Gasteiger partial charge in [0.2, 0.25) is 5.91 Å². The number of piperazine rings is 1. The van der Waals surface area contributed by atoms with Crippen molar-refractivity contribution in [2.24, 2.45) is 5.41 Å². The van der Waals surface area contributed by atoms with Crippen molar-refractivity contribution >= 4 is 18.3 Å². The van der Waals surface area contributed by atoms with E-state index >= 15 is 0 Å². The largest absolute Gasteiger partial charge is 0.378 e. The zero-order chi connectivity index (χ0) is 15.4. The fourth-order valence-corrected chi connectivity index (χ4v) is 3.75. The van der Waals surface area contributed by atoms with Crippen molar-refractivity contribution in [3.05, 3.63) is 0 Å². The van der Waals surface area contributed by atoms with Gasteiger partial charge in [0.05, 0.1) is 19.8 Å². The van der Waals surface area contributed by atoms with Crippen LogP contribution in [0.3, 0.4) is 0 Å². The van der Waals surface area contributed by atoms with Crippen molar-refractivity contribution < 1.29 is 9.53 Å². The van der Waals surface area contributed by atoms with Gasteiger partial charge in [-0.2, -0.15) is 0 Å². The SMILES string of the molecule is CC1(CN2CCN(CC(=O)N3CCOCC3)CC2)CCNC1.Cl. The van der Waals surface area contributed by atoms with E-state index in [1.165, 1.54) is 13.0 Å². The lowest BCUT2D eigenvalue weighted by atomic mass is 9.89. The molecule has 3 heterocycles. The molecule has 0 aromatic rings. The average Bonchev–Trinajstić information content (AvgIpc) is 2.96. The number of hydrogen-bond acceptors (Lipinski definition) is 5. The van der Waals surface area contributed by atoms with Gasteiger partial charge in [-0.05, 0) is 18.4 Å². The molecule has 0 aromatic heterocycles. The Morgan fingerprint density at radius 2 is 1.74 bits per heavy atom. The van der Waals surface area contributed by atoms with Gasteiger partial charge in [0.25, 0.3) is 0 Å². The topological polar surface area (TPSA) is 48.0 Å². The van der Waals surface area contributed by atoms with E-state index in [4.69, 9.17) is 4.74 Å². The monoisotopic (exact) mass is 346 g/mol. The maximum Gasteiger partial charge on any atom is 0.236 e. The molecular formula is C16H31ClN4O2. The van der Waals surface area contributed by atoms with Gasteiger partial charge in [0, 0.05) is 52.4 Å². The van der Waals surface area contributed by atoms with Crippen LogP contribution in [0.5, 0.6) is 0 Å². The van der Waals surface area contributed by atoms with Gasteiger partial charge in [-0.1, -0.05) is 6.92 Å². The Bertz CT molecular complexity index is 376. The summed E-state index contributed by atoms with van der Waals surface area (Å²) in [6, 6.07) is 0. The van der Waals surface area contributed by atoms with Crippen LogP contribution in [-0.2, 0) is 9.53 Å². The Balaban J connectivity index is 0.00000192. The van der Waals surface area contributed by atoms with Gasteiger partial charge >= 0.3 is 0 Å². The van der Waals surface area contributed by atoms with Gasteiger partial charge in [0.1, 0.15) is 0 Å². The third-order valence-corrected chi connectivity index (χ3v) is 5.25. The Morgan fingerprint density at radius 3 is 2.35 bits per heavy atom. The molecule has 3 aliphatic heterocycles. The fourth-order valence-electron chi connectivity index (χ4n) is 3.75. The van der Waals surface area contributed by atoms with E-state index in [1.54, 1.807) is 0 Å². The Labute approximate surface area is 145 Å². The molecule has 3 fully saturated rings. The minimum absolute atomic E-state index is 0. The Kier molecular flexibility index (Phi) is 7.10. The van der Waals surface area contributed by atoms with Crippen LogP contribution in [-0.4, -0.2) is 99.3 Å². The lowest BCUT2D eigenvalue weighted by Gasteiger charge is -2.39. The minimum atomic E-state index is 0. The smallest absolute Gasteiger partial charge is 0.236 e. The summed E-state index contributed by atoms with van der Waals surface area (Å²) in [5.74, 6) is 0.267. The highest BCUT2D eigenvalue weighted by Crippen LogP contribution is 2.26. The summed E-state index contributed by atoms with van der Waals surface area (Å²) in [6.45, 7) is 13.5. The summed E-state index contributed by atoms with van der Waals surface area (Å²) in [6.07, 6.45) is 1.28. The number of carbonyl (C=O) groups excluding carboxylic acids is 1. The fraction of sp³-hybridized carbons (Fsp3) is 0.938. The van der Waals surface area contributed by atoms with Crippen LogP contribution in [0.1, 0.15) is 13.3 Å². The number of nitrogens with one attached hydrogen (secondary N) is 1. The number of carbonyl (C=O) groups is 1. The summed E-state index contributed by atoms with van der Waals surface area (Å²) in [5, 5.41) is 3.48. The lowest BCUT2D eigenvalue weighted by Crippen LogP contribution is -2.53. The highest BCUT2D eigenvalue weighted by Gasteiger charge is 2.32. The van der Waals surface area contributed by atoms with Gasteiger partial charge < -0.3 is 19.9 Å². The van der Waals surface area contributed by atoms with E-state index in [0.29, 0.717) is 25.2 Å². The minimum Gasteiger partial charge on any atom is -0.378 e. The molecule has 0 aromatic carbocycles. The Morgan fingerprint density at radius 1 is 1.09 bits per heavy atom. The lowest BCUT2D eigenvalue weighted by molar-refractivity contribution is -0.136. The third kappa shape index (κ3) is 5.29. The van der Waals surface area contributed by atoms with Crippen LogP contribution in [0, 0.1) is 5.41 Å². The third-order valence-electron chi connectivity index (χ3n) is 5.25. The molecule has 0 bridgehead atoms. The van der Waals surface area contributed by atoms with E-state index < -0.39 is 0 Å². The van der Waals surface area contributed by atoms with E-state index in [-0.39, 0.29) is 18.3 Å². The van der Waals surface area contributed by atoms with Crippen molar-refractivity contribution in [3.8, 4) is 0 Å².